The Labute approximate surface area is 91.1 Å². The van der Waals surface area contributed by atoms with Gasteiger partial charge in [0.15, 0.2) is 0 Å². The number of carboxylic acids is 1. The summed E-state index contributed by atoms with van der Waals surface area (Å²) in [5.41, 5.74) is 0.750. The van der Waals surface area contributed by atoms with Gasteiger partial charge in [-0.2, -0.15) is 0 Å². The molecule has 0 saturated heterocycles. The summed E-state index contributed by atoms with van der Waals surface area (Å²) in [5.74, 6) is -0.592. The second-order valence-electron chi connectivity index (χ2n) is 3.45. The number of carbonyl (C=O) groups is 1. The van der Waals surface area contributed by atoms with Crippen LogP contribution in [0.3, 0.4) is 0 Å². The van der Waals surface area contributed by atoms with Gasteiger partial charge in [0.25, 0.3) is 0 Å². The largest absolute Gasteiger partial charge is 0.506 e. The molecule has 4 nitrogen and oxygen atoms in total. The minimum absolute atomic E-state index is 0.00804. The second-order valence-corrected chi connectivity index (χ2v) is 3.85. The number of aromatic hydroxyl groups is 1. The molecule has 0 amide bonds. The summed E-state index contributed by atoms with van der Waals surface area (Å²) >= 11 is 5.74. The third kappa shape index (κ3) is 1.85. The van der Waals surface area contributed by atoms with Crippen molar-refractivity contribution in [1.82, 2.24) is 0 Å². The van der Waals surface area contributed by atoms with Crippen LogP contribution in [0, 0.1) is 0 Å². The van der Waals surface area contributed by atoms with Crippen LogP contribution >= 0.6 is 11.6 Å². The Morgan fingerprint density at radius 1 is 1.60 bits per heavy atom. The van der Waals surface area contributed by atoms with Gasteiger partial charge in [0.2, 0.25) is 0 Å². The number of phenolic OH excluding ortho intramolecular Hbond substituents is 1. The van der Waals surface area contributed by atoms with Crippen LogP contribution in [-0.4, -0.2) is 22.8 Å². The van der Waals surface area contributed by atoms with Gasteiger partial charge in [-0.3, -0.25) is 4.79 Å². The zero-order valence-corrected chi connectivity index (χ0v) is 8.49. The van der Waals surface area contributed by atoms with Crippen molar-refractivity contribution in [1.29, 1.82) is 0 Å². The van der Waals surface area contributed by atoms with Gasteiger partial charge in [-0.25, -0.2) is 0 Å². The summed E-state index contributed by atoms with van der Waals surface area (Å²) in [6.07, 6.45) is 0.00804. The number of hydrogen-bond acceptors (Lipinski definition) is 3. The normalized spacial score (nSPS) is 18.3. The Kier molecular flexibility index (Phi) is 2.44. The predicted molar refractivity (Wildman–Crippen MR) is 53.6 cm³/mol. The van der Waals surface area contributed by atoms with Crippen LogP contribution in [0.4, 0.5) is 0 Å². The van der Waals surface area contributed by atoms with Crippen molar-refractivity contribution in [2.24, 2.45) is 0 Å². The molecule has 5 heteroatoms. The van der Waals surface area contributed by atoms with E-state index in [0.29, 0.717) is 12.4 Å². The highest BCUT2D eigenvalue weighted by molar-refractivity contribution is 6.32. The number of benzene rings is 1. The van der Waals surface area contributed by atoms with Crippen LogP contribution in [0.2, 0.25) is 5.02 Å². The van der Waals surface area contributed by atoms with Gasteiger partial charge in [0.05, 0.1) is 18.1 Å². The number of ether oxygens (including phenoxy) is 1. The Hall–Kier alpha value is -1.42. The minimum atomic E-state index is -0.874. The number of phenols is 1. The van der Waals surface area contributed by atoms with Crippen molar-refractivity contribution in [3.05, 3.63) is 22.7 Å². The Balaban J connectivity index is 2.34. The fourth-order valence-electron chi connectivity index (χ4n) is 1.66. The maximum atomic E-state index is 10.6. The summed E-state index contributed by atoms with van der Waals surface area (Å²) in [6, 6.07) is 2.98. The van der Waals surface area contributed by atoms with Gasteiger partial charge in [-0.05, 0) is 6.07 Å². The van der Waals surface area contributed by atoms with Crippen molar-refractivity contribution in [2.45, 2.75) is 12.3 Å². The molecule has 1 aliphatic heterocycles. The Morgan fingerprint density at radius 2 is 2.33 bits per heavy atom. The average Bonchev–Trinajstić information content (AvgIpc) is 2.49. The Morgan fingerprint density at radius 3 is 3.00 bits per heavy atom. The first kappa shape index (κ1) is 10.1. The van der Waals surface area contributed by atoms with E-state index >= 15 is 0 Å². The molecule has 1 heterocycles. The van der Waals surface area contributed by atoms with Crippen LogP contribution in [0.5, 0.6) is 11.5 Å². The van der Waals surface area contributed by atoms with Gasteiger partial charge in [-0.15, -0.1) is 0 Å². The average molecular weight is 229 g/mol. The molecule has 2 rings (SSSR count). The molecule has 0 aliphatic carbocycles. The minimum Gasteiger partial charge on any atom is -0.506 e. The van der Waals surface area contributed by atoms with Crippen LogP contribution < -0.4 is 4.74 Å². The third-order valence-corrected chi connectivity index (χ3v) is 2.68. The van der Waals surface area contributed by atoms with E-state index in [2.05, 4.69) is 0 Å². The maximum Gasteiger partial charge on any atom is 0.304 e. The number of carboxylic acid groups (broad SMARTS) is 1. The summed E-state index contributed by atoms with van der Waals surface area (Å²) in [7, 11) is 0. The lowest BCUT2D eigenvalue weighted by Gasteiger charge is -2.05. The van der Waals surface area contributed by atoms with Gasteiger partial charge in [0, 0.05) is 17.5 Å². The molecule has 0 aromatic heterocycles. The van der Waals surface area contributed by atoms with Crippen LogP contribution in [0.15, 0.2) is 12.1 Å². The maximum absolute atomic E-state index is 10.6. The third-order valence-electron chi connectivity index (χ3n) is 2.38. The van der Waals surface area contributed by atoms with Crippen molar-refractivity contribution >= 4 is 17.6 Å². The quantitative estimate of drug-likeness (QED) is 0.813. The van der Waals surface area contributed by atoms with E-state index in [9.17, 15) is 9.90 Å². The smallest absolute Gasteiger partial charge is 0.304 e. The number of rotatable bonds is 2. The molecule has 1 aromatic carbocycles. The molecule has 1 atom stereocenters. The van der Waals surface area contributed by atoms with Crippen molar-refractivity contribution in [3.8, 4) is 11.5 Å². The SMILES string of the molecule is O=C(O)C[C@@H]1COc2cc(O)c(Cl)cc21. The molecule has 80 valence electrons. The molecule has 0 unspecified atom stereocenters. The molecule has 0 saturated carbocycles. The first-order valence-corrected chi connectivity index (χ1v) is 4.82. The van der Waals surface area contributed by atoms with E-state index < -0.39 is 5.97 Å². The fraction of sp³-hybridized carbons (Fsp3) is 0.300. The predicted octanol–water partition coefficient (Wildman–Crippen LogP) is 2.00. The molecule has 0 fully saturated rings. The molecule has 15 heavy (non-hydrogen) atoms. The van der Waals surface area contributed by atoms with Gasteiger partial charge >= 0.3 is 5.97 Å². The van der Waals surface area contributed by atoms with Crippen LogP contribution in [0.25, 0.3) is 0 Å². The van der Waals surface area contributed by atoms with Crippen molar-refractivity contribution in [3.63, 3.8) is 0 Å². The first-order valence-electron chi connectivity index (χ1n) is 4.45. The van der Waals surface area contributed by atoms with E-state index in [1.54, 1.807) is 6.07 Å². The molecule has 2 N–H and O–H groups in total. The number of halogens is 1. The lowest BCUT2D eigenvalue weighted by molar-refractivity contribution is -0.137. The number of aliphatic carboxylic acids is 1. The molecule has 0 spiro atoms. The molecular formula is C10H9ClO4. The first-order chi connectivity index (χ1) is 7.08. The standard InChI is InChI=1S/C10H9ClO4/c11-7-2-6-5(1-10(13)14)4-15-9(6)3-8(7)12/h2-3,5,12H,1,4H2,(H,13,14)/t5-/m1/s1. The molecule has 0 bridgehead atoms. The summed E-state index contributed by atoms with van der Waals surface area (Å²) < 4.78 is 5.27. The number of fused-ring (bicyclic) bond motifs is 1. The van der Waals surface area contributed by atoms with E-state index in [4.69, 9.17) is 21.4 Å². The molecular weight excluding hydrogens is 220 g/mol. The summed E-state index contributed by atoms with van der Waals surface area (Å²) in [5, 5.41) is 18.2. The van der Waals surface area contributed by atoms with E-state index in [1.807, 2.05) is 0 Å². The topological polar surface area (TPSA) is 66.8 Å². The van der Waals surface area contributed by atoms with Crippen LogP contribution in [0.1, 0.15) is 17.9 Å². The van der Waals surface area contributed by atoms with Gasteiger partial charge in [-0.1, -0.05) is 11.6 Å². The number of hydrogen-bond donors (Lipinski definition) is 2. The summed E-state index contributed by atoms with van der Waals surface area (Å²) in [4.78, 5) is 10.6. The second kappa shape index (κ2) is 3.62. The molecule has 1 aliphatic rings. The van der Waals surface area contributed by atoms with Crippen LogP contribution in [-0.2, 0) is 4.79 Å². The fourth-order valence-corrected chi connectivity index (χ4v) is 1.83. The zero-order chi connectivity index (χ0) is 11.0. The lowest BCUT2D eigenvalue weighted by Crippen LogP contribution is -2.07. The van der Waals surface area contributed by atoms with Gasteiger partial charge < -0.3 is 14.9 Å². The van der Waals surface area contributed by atoms with E-state index in [-0.39, 0.29) is 23.1 Å². The van der Waals surface area contributed by atoms with E-state index in [0.717, 1.165) is 5.56 Å². The monoisotopic (exact) mass is 228 g/mol. The zero-order valence-electron chi connectivity index (χ0n) is 7.74. The van der Waals surface area contributed by atoms with Crippen molar-refractivity contribution < 1.29 is 19.7 Å². The van der Waals surface area contributed by atoms with Gasteiger partial charge in [0.1, 0.15) is 11.5 Å². The highest BCUT2D eigenvalue weighted by Gasteiger charge is 2.27. The highest BCUT2D eigenvalue weighted by atomic mass is 35.5. The molecule has 1 aromatic rings. The highest BCUT2D eigenvalue weighted by Crippen LogP contribution is 2.41. The lowest BCUT2D eigenvalue weighted by atomic mass is 9.98. The van der Waals surface area contributed by atoms with E-state index in [1.165, 1.54) is 6.07 Å². The van der Waals surface area contributed by atoms with Crippen molar-refractivity contribution in [2.75, 3.05) is 6.61 Å². The molecule has 0 radical (unpaired) electrons. The summed E-state index contributed by atoms with van der Waals surface area (Å²) in [6.45, 7) is 0.321. The Bertz CT molecular complexity index is 416.